The van der Waals surface area contributed by atoms with Crippen LogP contribution in [0.25, 0.3) is 0 Å². The van der Waals surface area contributed by atoms with E-state index in [1.54, 1.807) is 24.3 Å². The zero-order valence-corrected chi connectivity index (χ0v) is 17.0. The van der Waals surface area contributed by atoms with Gasteiger partial charge in [0.05, 0.1) is 0 Å². The van der Waals surface area contributed by atoms with Crippen molar-refractivity contribution in [3.05, 3.63) is 100 Å². The van der Waals surface area contributed by atoms with Crippen molar-refractivity contribution < 1.29 is 18.3 Å². The van der Waals surface area contributed by atoms with E-state index in [9.17, 15) is 13.6 Å². The van der Waals surface area contributed by atoms with E-state index in [1.165, 1.54) is 6.07 Å². The lowest BCUT2D eigenvalue weighted by Gasteiger charge is -2.07. The van der Waals surface area contributed by atoms with E-state index in [0.29, 0.717) is 28.7 Å². The summed E-state index contributed by atoms with van der Waals surface area (Å²) < 4.78 is 32.2. The van der Waals surface area contributed by atoms with E-state index in [1.807, 2.05) is 30.3 Å². The van der Waals surface area contributed by atoms with E-state index in [0.717, 1.165) is 29.0 Å². The van der Waals surface area contributed by atoms with Gasteiger partial charge in [-0.25, -0.2) is 13.8 Å². The summed E-state index contributed by atoms with van der Waals surface area (Å²) in [5.74, 6) is -1.53. The van der Waals surface area contributed by atoms with Crippen molar-refractivity contribution in [3.63, 3.8) is 0 Å². The van der Waals surface area contributed by atoms with E-state index >= 15 is 0 Å². The number of carbonyl (C=O) groups is 1. The molecule has 0 saturated carbocycles. The Kier molecular flexibility index (Phi) is 5.90. The Morgan fingerprint density at radius 2 is 1.74 bits per heavy atom. The number of ketones is 1. The first-order valence-corrected chi connectivity index (χ1v) is 10.1. The second-order valence-electron chi connectivity index (χ2n) is 6.62. The molecule has 0 spiro atoms. The SMILES string of the molecule is Nc1nc(Nc2ccc(F)c(F)c2)sc1C(=O)c1ccc(OCc2ccccc2)cc1. The number of hydrogen-bond acceptors (Lipinski definition) is 6. The molecule has 0 amide bonds. The minimum atomic E-state index is -0.986. The summed E-state index contributed by atoms with van der Waals surface area (Å²) in [5, 5.41) is 3.13. The Morgan fingerprint density at radius 3 is 2.45 bits per heavy atom. The van der Waals surface area contributed by atoms with Gasteiger partial charge in [0.1, 0.15) is 23.1 Å². The molecule has 4 aromatic rings. The minimum absolute atomic E-state index is 0.0597. The smallest absolute Gasteiger partial charge is 0.206 e. The Labute approximate surface area is 181 Å². The minimum Gasteiger partial charge on any atom is -0.489 e. The van der Waals surface area contributed by atoms with E-state index in [4.69, 9.17) is 10.5 Å². The topological polar surface area (TPSA) is 77.2 Å². The van der Waals surface area contributed by atoms with Gasteiger partial charge in [-0.05, 0) is 42.0 Å². The third-order valence-electron chi connectivity index (χ3n) is 4.40. The fourth-order valence-corrected chi connectivity index (χ4v) is 3.69. The highest BCUT2D eigenvalue weighted by Crippen LogP contribution is 2.30. The number of thiazole rings is 1. The highest BCUT2D eigenvalue weighted by atomic mass is 32.1. The number of nitrogens with one attached hydrogen (secondary N) is 1. The number of halogens is 2. The number of carbonyl (C=O) groups excluding carboxylic acids is 1. The predicted molar refractivity (Wildman–Crippen MR) is 117 cm³/mol. The summed E-state index contributed by atoms with van der Waals surface area (Å²) in [6, 6.07) is 19.9. The quantitative estimate of drug-likeness (QED) is 0.370. The molecule has 0 unspecified atom stereocenters. The Hall–Kier alpha value is -3.78. The van der Waals surface area contributed by atoms with Gasteiger partial charge >= 0.3 is 0 Å². The molecule has 0 fully saturated rings. The van der Waals surface area contributed by atoms with Crippen LogP contribution in [-0.4, -0.2) is 10.8 Å². The summed E-state index contributed by atoms with van der Waals surface area (Å²) in [6.07, 6.45) is 0. The highest BCUT2D eigenvalue weighted by Gasteiger charge is 2.18. The van der Waals surface area contributed by atoms with Crippen LogP contribution in [0.4, 0.5) is 25.4 Å². The lowest BCUT2D eigenvalue weighted by Crippen LogP contribution is -2.03. The van der Waals surface area contributed by atoms with Gasteiger partial charge in [0.15, 0.2) is 16.8 Å². The number of ether oxygens (including phenoxy) is 1. The first-order chi connectivity index (χ1) is 15.0. The molecule has 4 rings (SSSR count). The average molecular weight is 437 g/mol. The van der Waals surface area contributed by atoms with Gasteiger partial charge in [-0.15, -0.1) is 0 Å². The van der Waals surface area contributed by atoms with Gasteiger partial charge in [0, 0.05) is 17.3 Å². The zero-order valence-electron chi connectivity index (χ0n) is 16.1. The number of nitrogens with two attached hydrogens (primary N) is 1. The number of benzene rings is 3. The standard InChI is InChI=1S/C23H17F2N3O2S/c24-18-11-8-16(12-19(18)25)27-23-28-22(26)21(31-23)20(29)15-6-9-17(10-7-15)30-13-14-4-2-1-3-5-14/h1-12H,13,26H2,(H,27,28). The Morgan fingerprint density at radius 1 is 1.00 bits per heavy atom. The molecule has 0 aliphatic heterocycles. The van der Waals surface area contributed by atoms with Crippen LogP contribution in [0.5, 0.6) is 5.75 Å². The molecule has 156 valence electrons. The fraction of sp³-hybridized carbons (Fsp3) is 0.0435. The molecule has 8 heteroatoms. The van der Waals surface area contributed by atoms with E-state index in [-0.39, 0.29) is 16.5 Å². The normalized spacial score (nSPS) is 10.6. The van der Waals surface area contributed by atoms with Crippen LogP contribution in [0.3, 0.4) is 0 Å². The molecule has 1 heterocycles. The second kappa shape index (κ2) is 8.93. The van der Waals surface area contributed by atoms with Gasteiger partial charge in [0.25, 0.3) is 0 Å². The van der Waals surface area contributed by atoms with Crippen LogP contribution in [0.2, 0.25) is 0 Å². The van der Waals surface area contributed by atoms with Crippen LogP contribution in [0, 0.1) is 11.6 Å². The summed E-state index contributed by atoms with van der Waals surface area (Å²) >= 11 is 1.03. The molecule has 3 N–H and O–H groups in total. The van der Waals surface area contributed by atoms with Crippen molar-refractivity contribution in [3.8, 4) is 5.75 Å². The maximum Gasteiger partial charge on any atom is 0.206 e. The molecule has 0 bridgehead atoms. The number of aromatic nitrogens is 1. The monoisotopic (exact) mass is 437 g/mol. The molecule has 0 saturated heterocycles. The number of hydrogen-bond donors (Lipinski definition) is 2. The van der Waals surface area contributed by atoms with Gasteiger partial charge in [-0.3, -0.25) is 4.79 Å². The molecule has 0 radical (unpaired) electrons. The van der Waals surface area contributed by atoms with Crippen molar-refractivity contribution in [2.75, 3.05) is 11.1 Å². The van der Waals surface area contributed by atoms with E-state index in [2.05, 4.69) is 10.3 Å². The Balaban J connectivity index is 1.44. The van der Waals surface area contributed by atoms with Crippen LogP contribution in [0.15, 0.2) is 72.8 Å². The average Bonchev–Trinajstić information content (AvgIpc) is 3.15. The third kappa shape index (κ3) is 4.87. The van der Waals surface area contributed by atoms with Gasteiger partial charge in [0.2, 0.25) is 5.78 Å². The van der Waals surface area contributed by atoms with E-state index < -0.39 is 11.6 Å². The molecule has 1 aromatic heterocycles. The summed E-state index contributed by atoms with van der Waals surface area (Å²) in [7, 11) is 0. The lowest BCUT2D eigenvalue weighted by atomic mass is 10.1. The largest absolute Gasteiger partial charge is 0.489 e. The van der Waals surface area contributed by atoms with Crippen molar-refractivity contribution in [1.82, 2.24) is 4.98 Å². The number of nitrogen functional groups attached to an aromatic ring is 1. The maximum absolute atomic E-state index is 13.4. The zero-order chi connectivity index (χ0) is 21.8. The molecule has 0 aliphatic rings. The van der Waals surface area contributed by atoms with Crippen LogP contribution in [0.1, 0.15) is 20.8 Å². The molecule has 5 nitrogen and oxygen atoms in total. The molecule has 0 aliphatic carbocycles. The van der Waals surface area contributed by atoms with Crippen molar-refractivity contribution in [2.45, 2.75) is 6.61 Å². The Bertz CT molecular complexity index is 1210. The summed E-state index contributed by atoms with van der Waals surface area (Å²) in [5.41, 5.74) is 7.68. The van der Waals surface area contributed by atoms with Crippen molar-refractivity contribution in [2.24, 2.45) is 0 Å². The first-order valence-electron chi connectivity index (χ1n) is 9.29. The molecule has 3 aromatic carbocycles. The van der Waals surface area contributed by atoms with Crippen molar-refractivity contribution >= 4 is 33.8 Å². The third-order valence-corrected chi connectivity index (χ3v) is 5.38. The van der Waals surface area contributed by atoms with Gasteiger partial charge in [-0.1, -0.05) is 41.7 Å². The highest BCUT2D eigenvalue weighted by molar-refractivity contribution is 7.18. The lowest BCUT2D eigenvalue weighted by molar-refractivity contribution is 0.104. The fourth-order valence-electron chi connectivity index (χ4n) is 2.82. The first kappa shape index (κ1) is 20.5. The number of rotatable bonds is 7. The van der Waals surface area contributed by atoms with Crippen LogP contribution >= 0.6 is 11.3 Å². The summed E-state index contributed by atoms with van der Waals surface area (Å²) in [6.45, 7) is 0.426. The molecular weight excluding hydrogens is 420 g/mol. The van der Waals surface area contributed by atoms with Crippen molar-refractivity contribution in [1.29, 1.82) is 0 Å². The number of nitrogens with zero attached hydrogens (tertiary/aromatic N) is 1. The van der Waals surface area contributed by atoms with Gasteiger partial charge < -0.3 is 15.8 Å². The number of anilines is 3. The second-order valence-corrected chi connectivity index (χ2v) is 7.61. The van der Waals surface area contributed by atoms with Crippen LogP contribution in [-0.2, 0) is 6.61 Å². The predicted octanol–water partition coefficient (Wildman–Crippen LogP) is 5.56. The molecule has 31 heavy (non-hydrogen) atoms. The van der Waals surface area contributed by atoms with Gasteiger partial charge in [-0.2, -0.15) is 0 Å². The molecule has 0 atom stereocenters. The van der Waals surface area contributed by atoms with Crippen LogP contribution < -0.4 is 15.8 Å². The summed E-state index contributed by atoms with van der Waals surface area (Å²) in [4.78, 5) is 17.2. The molecular formula is C23H17F2N3O2S. The maximum atomic E-state index is 13.4.